The van der Waals surface area contributed by atoms with Crippen LogP contribution in [0.2, 0.25) is 0 Å². The number of anilines is 1. The monoisotopic (exact) mass is 339 g/mol. The molecule has 0 unspecified atom stereocenters. The van der Waals surface area contributed by atoms with Crippen molar-refractivity contribution in [1.82, 2.24) is 19.6 Å². The molecule has 0 saturated carbocycles. The number of aryl methyl sites for hydroxylation is 1. The third-order valence-corrected chi connectivity index (χ3v) is 3.62. The van der Waals surface area contributed by atoms with Crippen LogP contribution in [0.1, 0.15) is 23.2 Å². The van der Waals surface area contributed by atoms with Crippen LogP contribution in [0.5, 0.6) is 0 Å². The van der Waals surface area contributed by atoms with Gasteiger partial charge in [0, 0.05) is 24.1 Å². The van der Waals surface area contributed by atoms with E-state index in [1.807, 2.05) is 44.2 Å². The first kappa shape index (κ1) is 16.6. The fraction of sp³-hybridized carbons (Fsp3) is 0.235. The quantitative estimate of drug-likeness (QED) is 0.657. The molecule has 3 rings (SSSR count). The van der Waals surface area contributed by atoms with Crippen molar-refractivity contribution in [1.29, 1.82) is 0 Å². The maximum Gasteiger partial charge on any atom is 0.378 e. The van der Waals surface area contributed by atoms with Crippen LogP contribution < -0.4 is 4.90 Å². The molecule has 0 bridgehead atoms. The molecule has 0 radical (unpaired) electrons. The number of amides is 1. The lowest BCUT2D eigenvalue weighted by Crippen LogP contribution is -2.34. The van der Waals surface area contributed by atoms with Crippen LogP contribution in [0, 0.1) is 6.92 Å². The van der Waals surface area contributed by atoms with Gasteiger partial charge in [0.2, 0.25) is 0 Å². The molecule has 0 N–H and O–H groups in total. The summed E-state index contributed by atoms with van der Waals surface area (Å²) in [5.41, 5.74) is 1.53. The van der Waals surface area contributed by atoms with Gasteiger partial charge in [0.15, 0.2) is 6.61 Å². The zero-order chi connectivity index (χ0) is 17.8. The third-order valence-electron chi connectivity index (χ3n) is 3.62. The highest BCUT2D eigenvalue weighted by Gasteiger charge is 2.20. The summed E-state index contributed by atoms with van der Waals surface area (Å²) in [4.78, 5) is 34.0. The van der Waals surface area contributed by atoms with Gasteiger partial charge >= 0.3 is 5.97 Å². The van der Waals surface area contributed by atoms with Crippen molar-refractivity contribution in [2.45, 2.75) is 13.8 Å². The summed E-state index contributed by atoms with van der Waals surface area (Å²) in [6.07, 6.45) is 1.58. The Balaban J connectivity index is 1.68. The summed E-state index contributed by atoms with van der Waals surface area (Å²) < 4.78 is 6.51. The van der Waals surface area contributed by atoms with Gasteiger partial charge in [-0.1, -0.05) is 18.2 Å². The van der Waals surface area contributed by atoms with Crippen molar-refractivity contribution in [3.05, 3.63) is 54.1 Å². The molecular formula is C17H17N5O3. The second-order valence-electron chi connectivity index (χ2n) is 5.28. The molecule has 1 aromatic carbocycles. The number of rotatable bonds is 5. The number of carbonyl (C=O) groups excluding carboxylic acids is 2. The van der Waals surface area contributed by atoms with E-state index < -0.39 is 5.97 Å². The van der Waals surface area contributed by atoms with E-state index in [1.54, 1.807) is 12.3 Å². The molecule has 1 amide bonds. The number of hydrogen-bond acceptors (Lipinski definition) is 6. The zero-order valence-electron chi connectivity index (χ0n) is 13.9. The van der Waals surface area contributed by atoms with E-state index in [2.05, 4.69) is 15.1 Å². The van der Waals surface area contributed by atoms with Crippen LogP contribution in [0.4, 0.5) is 5.69 Å². The lowest BCUT2D eigenvalue weighted by Gasteiger charge is -2.20. The summed E-state index contributed by atoms with van der Waals surface area (Å²) in [5.74, 6) is -0.905. The second kappa shape index (κ2) is 7.08. The maximum atomic E-state index is 12.3. The maximum absolute atomic E-state index is 12.3. The number of benzene rings is 1. The van der Waals surface area contributed by atoms with Gasteiger partial charge in [-0.05, 0) is 32.0 Å². The summed E-state index contributed by atoms with van der Waals surface area (Å²) in [6, 6.07) is 10.9. The molecule has 8 heteroatoms. The number of esters is 1. The van der Waals surface area contributed by atoms with Gasteiger partial charge in [-0.3, -0.25) is 4.79 Å². The van der Waals surface area contributed by atoms with Gasteiger partial charge in [0.05, 0.1) is 0 Å². The van der Waals surface area contributed by atoms with Crippen molar-refractivity contribution in [2.75, 3.05) is 18.1 Å². The van der Waals surface area contributed by atoms with Crippen LogP contribution >= 0.6 is 0 Å². The van der Waals surface area contributed by atoms with E-state index in [0.29, 0.717) is 12.3 Å². The Morgan fingerprint density at radius 1 is 1.20 bits per heavy atom. The molecule has 0 atom stereocenters. The third kappa shape index (κ3) is 3.47. The number of ether oxygens (including phenoxy) is 1. The Bertz CT molecular complexity index is 907. The first-order valence-electron chi connectivity index (χ1n) is 7.81. The lowest BCUT2D eigenvalue weighted by atomic mass is 10.3. The summed E-state index contributed by atoms with van der Waals surface area (Å²) in [7, 11) is 0. The van der Waals surface area contributed by atoms with Gasteiger partial charge in [0.25, 0.3) is 17.5 Å². The van der Waals surface area contributed by atoms with Crippen molar-refractivity contribution >= 4 is 23.3 Å². The van der Waals surface area contributed by atoms with E-state index in [-0.39, 0.29) is 18.3 Å². The van der Waals surface area contributed by atoms with E-state index in [1.165, 1.54) is 9.42 Å². The first-order chi connectivity index (χ1) is 12.1. The fourth-order valence-electron chi connectivity index (χ4n) is 2.37. The van der Waals surface area contributed by atoms with Gasteiger partial charge in [0.1, 0.15) is 0 Å². The first-order valence-corrected chi connectivity index (χ1v) is 7.81. The molecule has 0 fully saturated rings. The van der Waals surface area contributed by atoms with Gasteiger partial charge < -0.3 is 9.64 Å². The Hall–Kier alpha value is -3.29. The average molecular weight is 339 g/mol. The van der Waals surface area contributed by atoms with Crippen LogP contribution in [0.3, 0.4) is 0 Å². The van der Waals surface area contributed by atoms with Crippen LogP contribution in [-0.2, 0) is 9.53 Å². The lowest BCUT2D eigenvalue weighted by molar-refractivity contribution is -0.121. The molecule has 0 aliphatic heterocycles. The second-order valence-corrected chi connectivity index (χ2v) is 5.28. The molecule has 25 heavy (non-hydrogen) atoms. The molecule has 0 aliphatic carbocycles. The largest absolute Gasteiger partial charge is 0.450 e. The summed E-state index contributed by atoms with van der Waals surface area (Å²) in [5, 5.41) is 4.06. The molecule has 0 spiro atoms. The summed E-state index contributed by atoms with van der Waals surface area (Å²) >= 11 is 0. The minimum absolute atomic E-state index is 0.127. The average Bonchev–Trinajstić information content (AvgIpc) is 3.07. The Kier molecular flexibility index (Phi) is 4.69. The van der Waals surface area contributed by atoms with Gasteiger partial charge in [-0.25, -0.2) is 14.3 Å². The van der Waals surface area contributed by atoms with Crippen molar-refractivity contribution < 1.29 is 14.3 Å². The summed E-state index contributed by atoms with van der Waals surface area (Å²) in [6.45, 7) is 3.76. The highest BCUT2D eigenvalue weighted by atomic mass is 16.5. The normalized spacial score (nSPS) is 10.6. The highest BCUT2D eigenvalue weighted by molar-refractivity contribution is 5.96. The van der Waals surface area contributed by atoms with Crippen LogP contribution in [0.25, 0.3) is 5.78 Å². The standard InChI is InChI=1S/C17H17N5O3/c1-3-21(13-7-5-4-6-8-13)14(23)11-25-16(24)15-19-17-18-10-9-12(2)22(17)20-15/h4-10H,3,11H2,1-2H3. The molecule has 2 aromatic heterocycles. The minimum atomic E-state index is -0.762. The number of nitrogens with zero attached hydrogens (tertiary/aromatic N) is 5. The molecule has 3 aromatic rings. The predicted octanol–water partition coefficient (Wildman–Crippen LogP) is 1.64. The van der Waals surface area contributed by atoms with Crippen molar-refractivity contribution in [3.8, 4) is 0 Å². The molecule has 0 saturated heterocycles. The number of aromatic nitrogens is 4. The van der Waals surface area contributed by atoms with Crippen molar-refractivity contribution in [2.24, 2.45) is 0 Å². The number of fused-ring (bicyclic) bond motifs is 1. The molecule has 128 valence electrons. The van der Waals surface area contributed by atoms with Crippen LogP contribution in [0.15, 0.2) is 42.6 Å². The van der Waals surface area contributed by atoms with E-state index in [0.717, 1.165) is 11.4 Å². The molecule has 0 aliphatic rings. The number of likely N-dealkylation sites (N-methyl/N-ethyl adjacent to an activating group) is 1. The zero-order valence-corrected chi connectivity index (χ0v) is 13.9. The van der Waals surface area contributed by atoms with Gasteiger partial charge in [-0.15, -0.1) is 5.10 Å². The Morgan fingerprint density at radius 2 is 1.96 bits per heavy atom. The van der Waals surface area contributed by atoms with Crippen molar-refractivity contribution in [3.63, 3.8) is 0 Å². The van der Waals surface area contributed by atoms with Crippen LogP contribution in [-0.4, -0.2) is 44.6 Å². The molecule has 2 heterocycles. The fourth-order valence-corrected chi connectivity index (χ4v) is 2.37. The number of carbonyl (C=O) groups is 2. The van der Waals surface area contributed by atoms with E-state index >= 15 is 0 Å². The predicted molar refractivity (Wildman–Crippen MR) is 90.3 cm³/mol. The molecule has 8 nitrogen and oxygen atoms in total. The Labute approximate surface area is 144 Å². The smallest absolute Gasteiger partial charge is 0.378 e. The topological polar surface area (TPSA) is 89.7 Å². The van der Waals surface area contributed by atoms with Gasteiger partial charge in [-0.2, -0.15) is 4.98 Å². The number of para-hydroxylation sites is 1. The Morgan fingerprint density at radius 3 is 2.64 bits per heavy atom. The number of hydrogen-bond donors (Lipinski definition) is 0. The highest BCUT2D eigenvalue weighted by Crippen LogP contribution is 2.13. The van der Waals surface area contributed by atoms with E-state index in [9.17, 15) is 9.59 Å². The molecular weight excluding hydrogens is 322 g/mol. The SMILES string of the molecule is CCN(C(=O)COC(=O)c1nc2nccc(C)n2n1)c1ccccc1. The minimum Gasteiger partial charge on any atom is -0.450 e. The van der Waals surface area contributed by atoms with E-state index in [4.69, 9.17) is 4.74 Å².